The summed E-state index contributed by atoms with van der Waals surface area (Å²) in [6.45, 7) is 19.7. The molecule has 5 heteroatoms. The number of allylic oxidation sites excluding steroid dienone is 3. The Hall–Kier alpha value is -3.31. The molecule has 1 aliphatic carbocycles. The molecule has 0 amide bonds. The topological polar surface area (TPSA) is 52.6 Å². The van der Waals surface area contributed by atoms with E-state index >= 15 is 0 Å². The zero-order valence-electron chi connectivity index (χ0n) is 28.0. The van der Waals surface area contributed by atoms with Crippen LogP contribution in [0.1, 0.15) is 99.1 Å². The Morgan fingerprint density at radius 2 is 1.18 bits per heavy atom. The minimum Gasteiger partial charge on any atom is -0.488 e. The van der Waals surface area contributed by atoms with Gasteiger partial charge in [0.2, 0.25) is 9.84 Å². The molecule has 4 nitrogen and oxygen atoms in total. The first-order valence-corrected chi connectivity index (χ1v) is 17.4. The summed E-state index contributed by atoms with van der Waals surface area (Å²) in [6.07, 6.45) is 9.36. The molecule has 1 aliphatic rings. The lowest BCUT2D eigenvalue weighted by Crippen LogP contribution is -2.34. The maximum atomic E-state index is 13.4. The van der Waals surface area contributed by atoms with Gasteiger partial charge in [0, 0.05) is 5.41 Å². The highest BCUT2D eigenvalue weighted by Crippen LogP contribution is 2.48. The van der Waals surface area contributed by atoms with Crippen LogP contribution in [0.2, 0.25) is 0 Å². The van der Waals surface area contributed by atoms with Crippen LogP contribution in [0, 0.1) is 10.8 Å². The molecule has 0 aromatic heterocycles. The lowest BCUT2D eigenvalue weighted by molar-refractivity contribution is 0.0802. The van der Waals surface area contributed by atoms with E-state index in [-0.39, 0.29) is 26.7 Å². The van der Waals surface area contributed by atoms with Crippen molar-refractivity contribution in [3.8, 4) is 17.2 Å². The van der Waals surface area contributed by atoms with Crippen molar-refractivity contribution < 1.29 is 17.9 Å². The van der Waals surface area contributed by atoms with Crippen molar-refractivity contribution in [1.29, 1.82) is 0 Å². The van der Waals surface area contributed by atoms with Crippen LogP contribution in [-0.4, -0.2) is 14.0 Å². The van der Waals surface area contributed by atoms with Gasteiger partial charge in [0.15, 0.2) is 0 Å². The van der Waals surface area contributed by atoms with Gasteiger partial charge >= 0.3 is 0 Å². The van der Waals surface area contributed by atoms with E-state index in [1.807, 2.05) is 18.2 Å². The molecular weight excluding hydrogens is 564 g/mol. The van der Waals surface area contributed by atoms with Gasteiger partial charge in [0.25, 0.3) is 0 Å². The van der Waals surface area contributed by atoms with Crippen LogP contribution in [0.3, 0.4) is 0 Å². The average Bonchev–Trinajstić information content (AvgIpc) is 3.02. The number of benzene rings is 3. The number of ether oxygens (including phenoxy) is 2. The number of sulfone groups is 1. The van der Waals surface area contributed by atoms with Gasteiger partial charge in [-0.05, 0) is 103 Å². The third-order valence-electron chi connectivity index (χ3n) is 10.5. The minimum atomic E-state index is -3.61. The van der Waals surface area contributed by atoms with E-state index in [1.54, 1.807) is 30.3 Å². The molecule has 3 aromatic rings. The molecule has 0 spiro atoms. The van der Waals surface area contributed by atoms with Gasteiger partial charge in [-0.1, -0.05) is 98.2 Å². The largest absolute Gasteiger partial charge is 0.488 e. The Morgan fingerprint density at radius 1 is 0.705 bits per heavy atom. The van der Waals surface area contributed by atoms with E-state index in [1.165, 1.54) is 11.1 Å². The molecule has 4 rings (SSSR count). The van der Waals surface area contributed by atoms with Crippen molar-refractivity contribution in [2.24, 2.45) is 10.8 Å². The van der Waals surface area contributed by atoms with Crippen molar-refractivity contribution in [2.45, 2.75) is 104 Å². The molecule has 44 heavy (non-hydrogen) atoms. The molecule has 1 atom stereocenters. The molecule has 236 valence electrons. The van der Waals surface area contributed by atoms with Crippen LogP contribution in [0.15, 0.2) is 101 Å². The summed E-state index contributed by atoms with van der Waals surface area (Å²) in [5.74, 6) is 2.17. The maximum Gasteiger partial charge on any atom is 0.206 e. The zero-order valence-corrected chi connectivity index (χ0v) is 28.8. The smallest absolute Gasteiger partial charge is 0.206 e. The van der Waals surface area contributed by atoms with E-state index in [2.05, 4.69) is 105 Å². The van der Waals surface area contributed by atoms with Crippen LogP contribution in [-0.2, 0) is 15.3 Å². The second-order valence-electron chi connectivity index (χ2n) is 13.8. The van der Waals surface area contributed by atoms with Gasteiger partial charge in [-0.2, -0.15) is 0 Å². The summed E-state index contributed by atoms with van der Waals surface area (Å²) in [5, 5.41) is 0. The Bertz CT molecular complexity index is 1590. The second kappa shape index (κ2) is 12.6. The fraction of sp³-hybridized carbons (Fsp3) is 0.436. The first-order chi connectivity index (χ1) is 20.6. The van der Waals surface area contributed by atoms with Crippen molar-refractivity contribution in [2.75, 3.05) is 0 Å². The van der Waals surface area contributed by atoms with Gasteiger partial charge in [-0.3, -0.25) is 0 Å². The summed E-state index contributed by atoms with van der Waals surface area (Å²) < 4.78 is 39.1. The fourth-order valence-electron chi connectivity index (χ4n) is 5.50. The quantitative estimate of drug-likeness (QED) is 0.204. The summed E-state index contributed by atoms with van der Waals surface area (Å²) in [5.41, 5.74) is 2.01. The molecule has 0 bridgehead atoms. The van der Waals surface area contributed by atoms with E-state index in [9.17, 15) is 8.42 Å². The normalized spacial score (nSPS) is 17.7. The highest BCUT2D eigenvalue weighted by atomic mass is 32.2. The van der Waals surface area contributed by atoms with E-state index in [4.69, 9.17) is 9.47 Å². The first-order valence-electron chi connectivity index (χ1n) is 15.9. The molecule has 0 radical (unpaired) electrons. The number of rotatable bonds is 12. The minimum absolute atomic E-state index is 0.0753. The fourth-order valence-corrected chi connectivity index (χ4v) is 6.82. The first kappa shape index (κ1) is 33.6. The van der Waals surface area contributed by atoms with Gasteiger partial charge in [0.05, 0.1) is 9.80 Å². The van der Waals surface area contributed by atoms with Gasteiger partial charge in [0.1, 0.15) is 22.8 Å². The molecule has 0 saturated heterocycles. The van der Waals surface area contributed by atoms with Gasteiger partial charge in [-0.25, -0.2) is 8.42 Å². The average molecular weight is 615 g/mol. The molecule has 0 heterocycles. The van der Waals surface area contributed by atoms with Crippen molar-refractivity contribution in [3.63, 3.8) is 0 Å². The number of hydrogen-bond acceptors (Lipinski definition) is 4. The monoisotopic (exact) mass is 614 g/mol. The summed E-state index contributed by atoms with van der Waals surface area (Å²) in [4.78, 5) is 0.623. The number of hydrogen-bond donors (Lipinski definition) is 0. The Balaban J connectivity index is 1.42. The standard InChI is InChI=1S/C39H50O4S/c1-10-36(4,5)38(8)27-25-35(26-28-38)44(40,41)34-23-21-32(22-24-34)42-31-17-13-29(14-18-31)37(6,7)30-15-19-33(20-16-30)43-39(9,11-2)12-3/h13-27H,10-12,28H2,1-9H3. The summed E-state index contributed by atoms with van der Waals surface area (Å²) in [6, 6.07) is 23.2. The third-order valence-corrected chi connectivity index (χ3v) is 12.3. The lowest BCUT2D eigenvalue weighted by Gasteiger charge is -2.43. The second-order valence-corrected chi connectivity index (χ2v) is 15.8. The van der Waals surface area contributed by atoms with Crippen molar-refractivity contribution in [3.05, 3.63) is 107 Å². The van der Waals surface area contributed by atoms with Crippen LogP contribution < -0.4 is 9.47 Å². The Kier molecular flexibility index (Phi) is 9.61. The third kappa shape index (κ3) is 6.83. The van der Waals surface area contributed by atoms with E-state index in [0.717, 1.165) is 25.0 Å². The Morgan fingerprint density at radius 3 is 1.61 bits per heavy atom. The molecule has 0 saturated carbocycles. The van der Waals surface area contributed by atoms with Gasteiger partial charge in [-0.15, -0.1) is 0 Å². The van der Waals surface area contributed by atoms with E-state index in [0.29, 0.717) is 22.8 Å². The van der Waals surface area contributed by atoms with E-state index < -0.39 is 9.84 Å². The predicted octanol–water partition coefficient (Wildman–Crippen LogP) is 10.8. The SMILES string of the molecule is CCC(C)(CC)Oc1ccc(C(C)(C)c2ccc(Oc3ccc(S(=O)(=O)C4=CCC(C)(C(C)(C)CC)C=C4)cc3)cc2)cc1. The molecular formula is C39H50O4S. The van der Waals surface area contributed by atoms with Crippen LogP contribution >= 0.6 is 0 Å². The van der Waals surface area contributed by atoms with Crippen LogP contribution in [0.25, 0.3) is 0 Å². The van der Waals surface area contributed by atoms with Crippen LogP contribution in [0.5, 0.6) is 17.2 Å². The van der Waals surface area contributed by atoms with Crippen LogP contribution in [0.4, 0.5) is 0 Å². The summed E-state index contributed by atoms with van der Waals surface area (Å²) in [7, 11) is -3.61. The maximum absolute atomic E-state index is 13.4. The van der Waals surface area contributed by atoms with Gasteiger partial charge < -0.3 is 9.47 Å². The lowest BCUT2D eigenvalue weighted by atomic mass is 9.62. The molecule has 3 aromatic carbocycles. The molecule has 0 N–H and O–H groups in total. The summed E-state index contributed by atoms with van der Waals surface area (Å²) >= 11 is 0. The highest BCUT2D eigenvalue weighted by molar-refractivity contribution is 7.95. The molecule has 0 fully saturated rings. The highest BCUT2D eigenvalue weighted by Gasteiger charge is 2.39. The molecule has 1 unspecified atom stereocenters. The molecule has 0 aliphatic heterocycles. The Labute approximate surface area is 266 Å². The van der Waals surface area contributed by atoms with Crippen molar-refractivity contribution >= 4 is 9.84 Å². The predicted molar refractivity (Wildman–Crippen MR) is 182 cm³/mol. The zero-order chi connectivity index (χ0) is 32.4. The van der Waals surface area contributed by atoms with Crippen molar-refractivity contribution in [1.82, 2.24) is 0 Å².